The van der Waals surface area contributed by atoms with Gasteiger partial charge in [0.1, 0.15) is 5.82 Å². The summed E-state index contributed by atoms with van der Waals surface area (Å²) in [6, 6.07) is 8.52. The molecule has 0 aliphatic rings. The lowest BCUT2D eigenvalue weighted by atomic mass is 10.2. The first kappa shape index (κ1) is 14.8. The van der Waals surface area contributed by atoms with Crippen molar-refractivity contribution in [3.05, 3.63) is 53.8 Å². The molecule has 21 heavy (non-hydrogen) atoms. The Morgan fingerprint density at radius 1 is 1.10 bits per heavy atom. The lowest BCUT2D eigenvalue weighted by molar-refractivity contribution is 0.100. The molecule has 5 N–H and O–H groups in total. The molecule has 0 unspecified atom stereocenters. The highest BCUT2D eigenvalue weighted by Crippen LogP contribution is 2.20. The van der Waals surface area contributed by atoms with Crippen molar-refractivity contribution in [2.24, 2.45) is 5.73 Å². The number of carbonyl (C=O) groups is 1. The second-order valence-electron chi connectivity index (χ2n) is 4.27. The number of rotatable bonds is 4. The van der Waals surface area contributed by atoms with Crippen LogP contribution in [0.5, 0.6) is 0 Å². The summed E-state index contributed by atoms with van der Waals surface area (Å²) in [4.78, 5) is 10.6. The Hall–Kier alpha value is -2.61. The van der Waals surface area contributed by atoms with Crippen LogP contribution in [0, 0.1) is 5.82 Å². The quantitative estimate of drug-likeness (QED) is 0.738. The molecule has 0 fully saturated rings. The summed E-state index contributed by atoms with van der Waals surface area (Å²) >= 11 is 0. The van der Waals surface area contributed by atoms with Crippen molar-refractivity contribution in [3.8, 4) is 0 Å². The smallest absolute Gasteiger partial charge is 0.262 e. The van der Waals surface area contributed by atoms with Crippen molar-refractivity contribution in [2.75, 3.05) is 10.5 Å². The van der Waals surface area contributed by atoms with E-state index in [9.17, 15) is 17.6 Å². The van der Waals surface area contributed by atoms with Crippen LogP contribution in [-0.4, -0.2) is 14.3 Å². The van der Waals surface area contributed by atoms with Gasteiger partial charge in [0.25, 0.3) is 10.0 Å². The summed E-state index contributed by atoms with van der Waals surface area (Å²) < 4.78 is 39.7. The molecule has 8 heteroatoms. The number of nitrogen functional groups attached to an aromatic ring is 1. The largest absolute Gasteiger partial charge is 0.399 e. The van der Waals surface area contributed by atoms with Gasteiger partial charge in [0.2, 0.25) is 5.91 Å². The molecule has 0 aromatic heterocycles. The van der Waals surface area contributed by atoms with Crippen LogP contribution in [0.15, 0.2) is 47.4 Å². The number of nitrogens with two attached hydrogens (primary N) is 2. The minimum Gasteiger partial charge on any atom is -0.399 e. The van der Waals surface area contributed by atoms with Crippen LogP contribution in [0.4, 0.5) is 15.8 Å². The van der Waals surface area contributed by atoms with Crippen molar-refractivity contribution in [3.63, 3.8) is 0 Å². The standard InChI is InChI=1S/C13H12FN3O3S/c14-9-5-10(15)7-12(6-9)21(19,20)17-11-3-1-8(2-4-11)13(16)18/h1-7,17H,15H2,(H2,16,18). The lowest BCUT2D eigenvalue weighted by Gasteiger charge is -2.09. The third-order valence-corrected chi connectivity index (χ3v) is 3.99. The van der Waals surface area contributed by atoms with Crippen molar-refractivity contribution < 1.29 is 17.6 Å². The lowest BCUT2D eigenvalue weighted by Crippen LogP contribution is -2.14. The van der Waals surface area contributed by atoms with E-state index in [0.29, 0.717) is 0 Å². The monoisotopic (exact) mass is 309 g/mol. The van der Waals surface area contributed by atoms with Crippen molar-refractivity contribution in [2.45, 2.75) is 4.90 Å². The average molecular weight is 309 g/mol. The zero-order valence-corrected chi connectivity index (χ0v) is 11.5. The van der Waals surface area contributed by atoms with Gasteiger partial charge in [-0.25, -0.2) is 12.8 Å². The van der Waals surface area contributed by atoms with Gasteiger partial charge in [-0.1, -0.05) is 0 Å². The first-order valence-corrected chi connectivity index (χ1v) is 7.25. The Labute approximate surface area is 120 Å². The molecule has 0 saturated heterocycles. The van der Waals surface area contributed by atoms with E-state index in [2.05, 4.69) is 4.72 Å². The van der Waals surface area contributed by atoms with E-state index in [0.717, 1.165) is 18.2 Å². The summed E-state index contributed by atoms with van der Waals surface area (Å²) in [5.74, 6) is -1.37. The normalized spacial score (nSPS) is 11.1. The highest BCUT2D eigenvalue weighted by Gasteiger charge is 2.16. The number of benzene rings is 2. The molecule has 2 aromatic carbocycles. The van der Waals surface area contributed by atoms with E-state index in [1.54, 1.807) is 0 Å². The van der Waals surface area contributed by atoms with Crippen LogP contribution in [-0.2, 0) is 10.0 Å². The molecule has 2 aromatic rings. The number of anilines is 2. The van der Waals surface area contributed by atoms with E-state index in [1.165, 1.54) is 24.3 Å². The maximum Gasteiger partial charge on any atom is 0.262 e. The summed E-state index contributed by atoms with van der Waals surface area (Å²) in [6.07, 6.45) is 0. The van der Waals surface area contributed by atoms with Gasteiger partial charge in [-0.3, -0.25) is 9.52 Å². The zero-order chi connectivity index (χ0) is 15.6. The number of nitrogens with one attached hydrogen (secondary N) is 1. The number of hydrogen-bond acceptors (Lipinski definition) is 4. The molecule has 0 atom stereocenters. The molecule has 6 nitrogen and oxygen atoms in total. The van der Waals surface area contributed by atoms with E-state index in [-0.39, 0.29) is 21.8 Å². The van der Waals surface area contributed by atoms with Crippen LogP contribution in [0.25, 0.3) is 0 Å². The fourth-order valence-electron chi connectivity index (χ4n) is 1.66. The first-order chi connectivity index (χ1) is 9.78. The van der Waals surface area contributed by atoms with Crippen molar-refractivity contribution in [1.82, 2.24) is 0 Å². The van der Waals surface area contributed by atoms with Crippen molar-refractivity contribution >= 4 is 27.3 Å². The van der Waals surface area contributed by atoms with Crippen LogP contribution in [0.2, 0.25) is 0 Å². The second kappa shape index (κ2) is 5.41. The summed E-state index contributed by atoms with van der Waals surface area (Å²) in [7, 11) is -3.98. The fraction of sp³-hybridized carbons (Fsp3) is 0. The van der Waals surface area contributed by atoms with Gasteiger partial charge >= 0.3 is 0 Å². The van der Waals surface area contributed by atoms with E-state index in [4.69, 9.17) is 11.5 Å². The SMILES string of the molecule is NC(=O)c1ccc(NS(=O)(=O)c2cc(N)cc(F)c2)cc1. The van der Waals surface area contributed by atoms with Crippen LogP contribution >= 0.6 is 0 Å². The third-order valence-electron chi connectivity index (χ3n) is 2.63. The molecule has 0 spiro atoms. The second-order valence-corrected chi connectivity index (χ2v) is 5.95. The van der Waals surface area contributed by atoms with Crippen LogP contribution in [0.1, 0.15) is 10.4 Å². The first-order valence-electron chi connectivity index (χ1n) is 5.77. The predicted molar refractivity (Wildman–Crippen MR) is 76.6 cm³/mol. The molecule has 110 valence electrons. The van der Waals surface area contributed by atoms with Gasteiger partial charge < -0.3 is 11.5 Å². The van der Waals surface area contributed by atoms with Crippen LogP contribution in [0.3, 0.4) is 0 Å². The number of sulfonamides is 1. The molecule has 0 saturated carbocycles. The van der Waals surface area contributed by atoms with Gasteiger partial charge in [-0.15, -0.1) is 0 Å². The van der Waals surface area contributed by atoms with Gasteiger partial charge in [0.15, 0.2) is 0 Å². The maximum atomic E-state index is 13.2. The van der Waals surface area contributed by atoms with E-state index >= 15 is 0 Å². The minimum absolute atomic E-state index is 0.000508. The maximum absolute atomic E-state index is 13.2. The number of hydrogen-bond donors (Lipinski definition) is 3. The van der Waals surface area contributed by atoms with Crippen molar-refractivity contribution in [1.29, 1.82) is 0 Å². The molecule has 2 rings (SSSR count). The Kier molecular flexibility index (Phi) is 3.81. The Balaban J connectivity index is 2.30. The Morgan fingerprint density at radius 3 is 2.24 bits per heavy atom. The molecule has 0 radical (unpaired) electrons. The molecule has 1 amide bonds. The predicted octanol–water partition coefficient (Wildman–Crippen LogP) is 1.31. The van der Waals surface area contributed by atoms with Crippen LogP contribution < -0.4 is 16.2 Å². The number of halogens is 1. The fourth-order valence-corrected chi connectivity index (χ4v) is 2.78. The number of primary amides is 1. The Bertz CT molecular complexity index is 769. The van der Waals surface area contributed by atoms with E-state index < -0.39 is 21.7 Å². The molecule has 0 bridgehead atoms. The summed E-state index contributed by atoms with van der Waals surface area (Å²) in [6.45, 7) is 0. The van der Waals surface area contributed by atoms with Gasteiger partial charge in [-0.2, -0.15) is 0 Å². The molecule has 0 aliphatic carbocycles. The highest BCUT2D eigenvalue weighted by molar-refractivity contribution is 7.92. The average Bonchev–Trinajstić information content (AvgIpc) is 2.37. The zero-order valence-electron chi connectivity index (χ0n) is 10.7. The third kappa shape index (κ3) is 3.48. The molecule has 0 aliphatic heterocycles. The Morgan fingerprint density at radius 2 is 1.71 bits per heavy atom. The topological polar surface area (TPSA) is 115 Å². The summed E-state index contributed by atoms with van der Waals surface area (Å²) in [5.41, 5.74) is 11.0. The summed E-state index contributed by atoms with van der Waals surface area (Å²) in [5, 5.41) is 0. The number of amides is 1. The van der Waals surface area contributed by atoms with Gasteiger partial charge in [0, 0.05) is 16.9 Å². The molecular formula is C13H12FN3O3S. The van der Waals surface area contributed by atoms with Gasteiger partial charge in [0.05, 0.1) is 4.90 Å². The van der Waals surface area contributed by atoms with E-state index in [1.807, 2.05) is 0 Å². The van der Waals surface area contributed by atoms with Gasteiger partial charge in [-0.05, 0) is 42.5 Å². The number of carbonyl (C=O) groups excluding carboxylic acids is 1. The minimum atomic E-state index is -3.98. The molecular weight excluding hydrogens is 297 g/mol. The molecule has 0 heterocycles. The highest BCUT2D eigenvalue weighted by atomic mass is 32.2.